The molecule has 160 valence electrons. The molecule has 0 aromatic rings. The lowest BCUT2D eigenvalue weighted by Crippen LogP contribution is -2.49. The van der Waals surface area contributed by atoms with Crippen LogP contribution in [-0.4, -0.2) is 101 Å². The van der Waals surface area contributed by atoms with Crippen LogP contribution in [0.15, 0.2) is 4.99 Å². The van der Waals surface area contributed by atoms with Gasteiger partial charge in [-0.15, -0.1) is 24.0 Å². The number of nitrogens with one attached hydrogen (secondary N) is 2. The topological polar surface area (TPSA) is 61.4 Å². The minimum atomic E-state index is 0. The Labute approximate surface area is 182 Å². The van der Waals surface area contributed by atoms with Crippen molar-refractivity contribution in [2.75, 3.05) is 78.7 Å². The van der Waals surface area contributed by atoms with Gasteiger partial charge >= 0.3 is 0 Å². The molecule has 0 radical (unpaired) electrons. The first-order valence-corrected chi connectivity index (χ1v) is 10.5. The normalized spacial score (nSPS) is 21.9. The molecule has 1 unspecified atom stereocenters. The first-order chi connectivity index (χ1) is 12.8. The summed E-state index contributed by atoms with van der Waals surface area (Å²) in [5.41, 5.74) is 0. The maximum atomic E-state index is 5.69. The molecule has 2 rings (SSSR count). The lowest BCUT2D eigenvalue weighted by molar-refractivity contribution is 0.0171. The maximum absolute atomic E-state index is 5.69. The van der Waals surface area contributed by atoms with E-state index in [1.807, 2.05) is 0 Å². The smallest absolute Gasteiger partial charge is 0.191 e. The molecular formula is C19H40IN5O2. The zero-order valence-corrected chi connectivity index (χ0v) is 19.6. The first kappa shape index (κ1) is 24.9. The molecule has 2 heterocycles. The Morgan fingerprint density at radius 2 is 1.93 bits per heavy atom. The van der Waals surface area contributed by atoms with Gasteiger partial charge in [-0.2, -0.15) is 0 Å². The molecule has 2 aliphatic heterocycles. The highest BCUT2D eigenvalue weighted by Crippen LogP contribution is 2.11. The summed E-state index contributed by atoms with van der Waals surface area (Å²) in [7, 11) is 0. The van der Waals surface area contributed by atoms with E-state index in [-0.39, 0.29) is 24.0 Å². The summed E-state index contributed by atoms with van der Waals surface area (Å²) in [6.07, 6.45) is 3.57. The van der Waals surface area contributed by atoms with Crippen molar-refractivity contribution in [2.24, 2.45) is 4.99 Å². The number of aliphatic imine (C=N–C) groups is 1. The van der Waals surface area contributed by atoms with Crippen molar-refractivity contribution in [3.63, 3.8) is 0 Å². The van der Waals surface area contributed by atoms with Gasteiger partial charge in [0.05, 0.1) is 12.7 Å². The zero-order chi connectivity index (χ0) is 18.5. The molecule has 1 atom stereocenters. The van der Waals surface area contributed by atoms with Crippen molar-refractivity contribution in [3.05, 3.63) is 0 Å². The third kappa shape index (κ3) is 10.8. The molecule has 0 aromatic heterocycles. The molecule has 2 aliphatic rings. The highest BCUT2D eigenvalue weighted by molar-refractivity contribution is 14.0. The predicted octanol–water partition coefficient (Wildman–Crippen LogP) is 1.38. The summed E-state index contributed by atoms with van der Waals surface area (Å²) in [5, 5.41) is 6.78. The van der Waals surface area contributed by atoms with Crippen LogP contribution in [0.2, 0.25) is 0 Å². The fourth-order valence-corrected chi connectivity index (χ4v) is 3.35. The Morgan fingerprint density at radius 1 is 1.15 bits per heavy atom. The highest BCUT2D eigenvalue weighted by Gasteiger charge is 2.15. The number of piperazine rings is 1. The van der Waals surface area contributed by atoms with Crippen LogP contribution >= 0.6 is 24.0 Å². The molecule has 0 aromatic carbocycles. The second-order valence-electron chi connectivity index (χ2n) is 7.03. The largest absolute Gasteiger partial charge is 0.379 e. The minimum absolute atomic E-state index is 0. The Kier molecular flexibility index (Phi) is 14.5. The first-order valence-electron chi connectivity index (χ1n) is 10.5. The van der Waals surface area contributed by atoms with Gasteiger partial charge in [-0.1, -0.05) is 6.92 Å². The number of rotatable bonds is 11. The monoisotopic (exact) mass is 497 g/mol. The van der Waals surface area contributed by atoms with Gasteiger partial charge in [-0.25, -0.2) is 0 Å². The second-order valence-corrected chi connectivity index (χ2v) is 7.03. The summed E-state index contributed by atoms with van der Waals surface area (Å²) < 4.78 is 11.2. The van der Waals surface area contributed by atoms with E-state index in [1.54, 1.807) is 0 Å². The number of ether oxygens (including phenoxy) is 2. The molecule has 0 amide bonds. The molecule has 2 saturated heterocycles. The standard InChI is InChI=1S/C19H39N5O2.HI/c1-3-20-19(21-8-6-15-25-17-18-7-5-16-26-18)22-9-10-24-13-11-23(4-2)12-14-24;/h18H,3-17H2,1-2H3,(H2,20,21,22);1H. The third-order valence-corrected chi connectivity index (χ3v) is 5.02. The summed E-state index contributed by atoms with van der Waals surface area (Å²) in [6.45, 7) is 16.3. The van der Waals surface area contributed by atoms with Crippen LogP contribution in [0.4, 0.5) is 0 Å². The van der Waals surface area contributed by atoms with E-state index in [4.69, 9.17) is 9.47 Å². The Balaban J connectivity index is 0.00000364. The Hall–Kier alpha value is -0.160. The SMILES string of the molecule is CCNC(=NCCCOCC1CCCO1)NCCN1CCN(CC)CC1.I. The molecular weight excluding hydrogens is 457 g/mol. The number of guanidine groups is 1. The van der Waals surface area contributed by atoms with Crippen LogP contribution in [0.5, 0.6) is 0 Å². The average molecular weight is 497 g/mol. The number of nitrogens with zero attached hydrogens (tertiary/aromatic N) is 3. The summed E-state index contributed by atoms with van der Waals surface area (Å²) in [5.74, 6) is 0.916. The van der Waals surface area contributed by atoms with Crippen molar-refractivity contribution < 1.29 is 9.47 Å². The van der Waals surface area contributed by atoms with Crippen molar-refractivity contribution in [2.45, 2.75) is 39.2 Å². The molecule has 0 spiro atoms. The van der Waals surface area contributed by atoms with Crippen molar-refractivity contribution in [1.29, 1.82) is 0 Å². The fourth-order valence-electron chi connectivity index (χ4n) is 3.35. The third-order valence-electron chi connectivity index (χ3n) is 5.02. The van der Waals surface area contributed by atoms with E-state index < -0.39 is 0 Å². The van der Waals surface area contributed by atoms with Gasteiger partial charge in [0.2, 0.25) is 0 Å². The van der Waals surface area contributed by atoms with Crippen LogP contribution in [0.1, 0.15) is 33.1 Å². The molecule has 0 bridgehead atoms. The second kappa shape index (κ2) is 15.7. The molecule has 8 heteroatoms. The molecule has 2 fully saturated rings. The summed E-state index contributed by atoms with van der Waals surface area (Å²) >= 11 is 0. The number of likely N-dealkylation sites (N-methyl/N-ethyl adjacent to an activating group) is 1. The van der Waals surface area contributed by atoms with Gasteiger partial charge in [0.25, 0.3) is 0 Å². The van der Waals surface area contributed by atoms with Gasteiger partial charge in [0.15, 0.2) is 5.96 Å². The Morgan fingerprint density at radius 3 is 2.59 bits per heavy atom. The number of hydrogen-bond acceptors (Lipinski definition) is 5. The fraction of sp³-hybridized carbons (Fsp3) is 0.947. The van der Waals surface area contributed by atoms with Gasteiger partial charge in [-0.05, 0) is 32.7 Å². The molecule has 27 heavy (non-hydrogen) atoms. The predicted molar refractivity (Wildman–Crippen MR) is 122 cm³/mol. The maximum Gasteiger partial charge on any atom is 0.191 e. The minimum Gasteiger partial charge on any atom is -0.379 e. The van der Waals surface area contributed by atoms with Crippen LogP contribution in [-0.2, 0) is 9.47 Å². The van der Waals surface area contributed by atoms with E-state index in [9.17, 15) is 0 Å². The zero-order valence-electron chi connectivity index (χ0n) is 17.3. The average Bonchev–Trinajstić information content (AvgIpc) is 3.18. The lowest BCUT2D eigenvalue weighted by atomic mass is 10.2. The molecule has 0 saturated carbocycles. The summed E-state index contributed by atoms with van der Waals surface area (Å²) in [4.78, 5) is 9.69. The molecule has 0 aliphatic carbocycles. The number of hydrogen-bond donors (Lipinski definition) is 2. The van der Waals surface area contributed by atoms with Gasteiger partial charge < -0.3 is 25.0 Å². The van der Waals surface area contributed by atoms with Crippen LogP contribution in [0.3, 0.4) is 0 Å². The van der Waals surface area contributed by atoms with Gasteiger partial charge in [0.1, 0.15) is 0 Å². The highest BCUT2D eigenvalue weighted by atomic mass is 127. The van der Waals surface area contributed by atoms with Gasteiger partial charge in [0, 0.05) is 65.6 Å². The van der Waals surface area contributed by atoms with E-state index in [1.165, 1.54) is 39.1 Å². The number of halogens is 1. The summed E-state index contributed by atoms with van der Waals surface area (Å²) in [6, 6.07) is 0. The van der Waals surface area contributed by atoms with Crippen LogP contribution in [0, 0.1) is 0 Å². The molecule has 7 nitrogen and oxygen atoms in total. The Bertz CT molecular complexity index is 386. The van der Waals surface area contributed by atoms with E-state index in [0.717, 1.165) is 64.8 Å². The lowest BCUT2D eigenvalue weighted by Gasteiger charge is -2.34. The van der Waals surface area contributed by atoms with Crippen molar-refractivity contribution in [3.8, 4) is 0 Å². The van der Waals surface area contributed by atoms with Crippen LogP contribution in [0.25, 0.3) is 0 Å². The van der Waals surface area contributed by atoms with E-state index >= 15 is 0 Å². The van der Waals surface area contributed by atoms with Crippen LogP contribution < -0.4 is 10.6 Å². The molecule has 2 N–H and O–H groups in total. The van der Waals surface area contributed by atoms with Crippen molar-refractivity contribution in [1.82, 2.24) is 20.4 Å². The quantitative estimate of drug-likeness (QED) is 0.195. The van der Waals surface area contributed by atoms with Gasteiger partial charge in [-0.3, -0.25) is 9.89 Å². The van der Waals surface area contributed by atoms with Crippen molar-refractivity contribution >= 4 is 29.9 Å². The van der Waals surface area contributed by atoms with E-state index in [0.29, 0.717) is 6.10 Å². The van der Waals surface area contributed by atoms with E-state index in [2.05, 4.69) is 39.3 Å².